The van der Waals surface area contributed by atoms with Gasteiger partial charge >= 0.3 is 0 Å². The molecule has 0 radical (unpaired) electrons. The van der Waals surface area contributed by atoms with Crippen LogP contribution in [0.25, 0.3) is 16.9 Å². The Labute approximate surface area is 233 Å². The first-order valence-corrected chi connectivity index (χ1v) is 14.7. The highest BCUT2D eigenvalue weighted by Gasteiger charge is 2.26. The Hall–Kier alpha value is -2.89. The van der Waals surface area contributed by atoms with E-state index in [0.717, 1.165) is 45.3 Å². The number of fused-ring (bicyclic) bond motifs is 1. The third kappa shape index (κ3) is 6.37. The van der Waals surface area contributed by atoms with E-state index in [0.29, 0.717) is 61.0 Å². The van der Waals surface area contributed by atoms with Gasteiger partial charge in [-0.15, -0.1) is 0 Å². The van der Waals surface area contributed by atoms with Crippen molar-refractivity contribution in [3.05, 3.63) is 36.2 Å². The third-order valence-corrected chi connectivity index (χ3v) is 8.20. The molecule has 3 fully saturated rings. The lowest BCUT2D eigenvalue weighted by Crippen LogP contribution is -2.38. The molecule has 1 aliphatic carbocycles. The van der Waals surface area contributed by atoms with Gasteiger partial charge in [-0.2, -0.15) is 9.97 Å². The number of rotatable bonds is 10. The van der Waals surface area contributed by atoms with Crippen molar-refractivity contribution >= 4 is 22.8 Å². The van der Waals surface area contributed by atoms with E-state index in [9.17, 15) is 8.78 Å². The minimum atomic E-state index is -2.74. The average molecular weight is 556 g/mol. The smallest absolute Gasteiger partial charge is 0.296 e. The summed E-state index contributed by atoms with van der Waals surface area (Å²) >= 11 is 0. The summed E-state index contributed by atoms with van der Waals surface area (Å²) in [5, 5.41) is 3.59. The van der Waals surface area contributed by atoms with Crippen LogP contribution >= 0.6 is 0 Å². The van der Waals surface area contributed by atoms with Gasteiger partial charge in [-0.3, -0.25) is 4.57 Å². The van der Waals surface area contributed by atoms with Gasteiger partial charge in [-0.1, -0.05) is 12.1 Å². The van der Waals surface area contributed by atoms with E-state index >= 15 is 0 Å². The van der Waals surface area contributed by atoms with Crippen LogP contribution in [0.4, 0.5) is 20.5 Å². The summed E-state index contributed by atoms with van der Waals surface area (Å²) in [5.41, 5.74) is 1.11. The molecule has 216 valence electrons. The summed E-state index contributed by atoms with van der Waals surface area (Å²) in [6.45, 7) is 6.87. The van der Waals surface area contributed by atoms with Crippen LogP contribution in [0.1, 0.15) is 57.2 Å². The molecule has 0 atom stereocenters. The van der Waals surface area contributed by atoms with Gasteiger partial charge in [0.15, 0.2) is 5.82 Å². The number of morpholine rings is 1. The highest BCUT2D eigenvalue weighted by Crippen LogP contribution is 2.30. The molecule has 11 heteroatoms. The number of aromatic nitrogens is 4. The first kappa shape index (κ1) is 27.3. The fraction of sp³-hybridized carbons (Fsp3) is 0.621. The maximum atomic E-state index is 14.1. The number of halogens is 2. The maximum Gasteiger partial charge on any atom is 0.296 e. The van der Waals surface area contributed by atoms with Gasteiger partial charge in [0.2, 0.25) is 5.95 Å². The Morgan fingerprint density at radius 3 is 2.52 bits per heavy atom. The maximum absolute atomic E-state index is 14.1. The quantitative estimate of drug-likeness (QED) is 0.357. The molecule has 4 heterocycles. The van der Waals surface area contributed by atoms with Crippen LogP contribution in [-0.2, 0) is 9.47 Å². The zero-order valence-electron chi connectivity index (χ0n) is 23.0. The van der Waals surface area contributed by atoms with Crippen LogP contribution in [0.2, 0.25) is 0 Å². The monoisotopic (exact) mass is 555 g/mol. The first-order chi connectivity index (χ1) is 19.6. The van der Waals surface area contributed by atoms with Crippen molar-refractivity contribution in [2.45, 2.75) is 63.5 Å². The topological polar surface area (TPSA) is 80.6 Å². The van der Waals surface area contributed by atoms with Crippen molar-refractivity contribution in [2.75, 3.05) is 62.8 Å². The Morgan fingerprint density at radius 1 is 0.975 bits per heavy atom. The molecule has 1 saturated carbocycles. The molecule has 9 nitrogen and oxygen atoms in total. The van der Waals surface area contributed by atoms with Crippen molar-refractivity contribution in [1.29, 1.82) is 0 Å². The number of alkyl halides is 2. The van der Waals surface area contributed by atoms with Crippen molar-refractivity contribution in [1.82, 2.24) is 24.4 Å². The number of likely N-dealkylation sites (tertiary alicyclic amines) is 1. The summed E-state index contributed by atoms with van der Waals surface area (Å²) < 4.78 is 41.4. The summed E-state index contributed by atoms with van der Waals surface area (Å²) in [4.78, 5) is 18.4. The van der Waals surface area contributed by atoms with Crippen molar-refractivity contribution in [3.8, 4) is 5.82 Å². The summed E-state index contributed by atoms with van der Waals surface area (Å²) in [6.07, 6.45) is 5.24. The van der Waals surface area contributed by atoms with Crippen molar-refractivity contribution in [2.24, 2.45) is 0 Å². The molecule has 0 unspecified atom stereocenters. The van der Waals surface area contributed by atoms with Gasteiger partial charge in [0.05, 0.1) is 30.4 Å². The molecule has 2 saturated heterocycles. The van der Waals surface area contributed by atoms with E-state index < -0.39 is 6.43 Å². The molecule has 0 spiro atoms. The van der Waals surface area contributed by atoms with E-state index in [-0.39, 0.29) is 11.9 Å². The van der Waals surface area contributed by atoms with Gasteiger partial charge < -0.3 is 24.6 Å². The molecule has 2 aromatic heterocycles. The Kier molecular flexibility index (Phi) is 8.69. The first-order valence-electron chi connectivity index (χ1n) is 14.7. The van der Waals surface area contributed by atoms with Crippen LogP contribution in [0.3, 0.4) is 0 Å². The molecular formula is C29H39F2N7O2. The lowest BCUT2D eigenvalue weighted by molar-refractivity contribution is 0.0223. The zero-order chi connectivity index (χ0) is 27.3. The second-order valence-electron chi connectivity index (χ2n) is 11.0. The average Bonchev–Trinajstić information content (AvgIpc) is 3.65. The third-order valence-electron chi connectivity index (χ3n) is 8.20. The number of benzene rings is 1. The molecule has 3 aliphatic rings. The zero-order valence-corrected chi connectivity index (χ0v) is 23.0. The van der Waals surface area contributed by atoms with Crippen LogP contribution < -0.4 is 10.2 Å². The fourth-order valence-electron chi connectivity index (χ4n) is 6.07. The minimum absolute atomic E-state index is 0.235. The summed E-state index contributed by atoms with van der Waals surface area (Å²) in [6, 6.07) is 9.17. The van der Waals surface area contributed by atoms with E-state index in [2.05, 4.69) is 15.2 Å². The lowest BCUT2D eigenvalue weighted by atomic mass is 9.93. The lowest BCUT2D eigenvalue weighted by Gasteiger charge is -2.31. The predicted molar refractivity (Wildman–Crippen MR) is 151 cm³/mol. The van der Waals surface area contributed by atoms with Gasteiger partial charge in [0.25, 0.3) is 6.43 Å². The minimum Gasteiger partial charge on any atom is -0.378 e. The second kappa shape index (κ2) is 12.7. The van der Waals surface area contributed by atoms with Crippen LogP contribution in [0.5, 0.6) is 0 Å². The number of para-hydroxylation sites is 2. The molecule has 0 bridgehead atoms. The van der Waals surface area contributed by atoms with Gasteiger partial charge in [-0.05, 0) is 70.2 Å². The van der Waals surface area contributed by atoms with Crippen LogP contribution in [0, 0.1) is 0 Å². The predicted octanol–water partition coefficient (Wildman–Crippen LogP) is 4.82. The van der Waals surface area contributed by atoms with Gasteiger partial charge in [-0.25, -0.2) is 13.8 Å². The van der Waals surface area contributed by atoms with Gasteiger partial charge in [0.1, 0.15) is 11.6 Å². The Bertz CT molecular complexity index is 1250. The largest absolute Gasteiger partial charge is 0.378 e. The van der Waals surface area contributed by atoms with Gasteiger partial charge in [0, 0.05) is 38.3 Å². The molecule has 1 N–H and O–H groups in total. The number of hydrogen-bond donors (Lipinski definition) is 1. The molecule has 40 heavy (non-hydrogen) atoms. The number of hydrogen-bond acceptors (Lipinski definition) is 8. The van der Waals surface area contributed by atoms with E-state index in [1.807, 2.05) is 11.0 Å². The Balaban J connectivity index is 1.16. The number of nitrogens with one attached hydrogen (secondary N) is 1. The number of ether oxygens (including phenoxy) is 2. The molecule has 2 aliphatic heterocycles. The highest BCUT2D eigenvalue weighted by atomic mass is 19.3. The van der Waals surface area contributed by atoms with E-state index in [1.54, 1.807) is 24.3 Å². The fourth-order valence-corrected chi connectivity index (χ4v) is 6.07. The van der Waals surface area contributed by atoms with Crippen LogP contribution in [-0.4, -0.2) is 89.1 Å². The van der Waals surface area contributed by atoms with E-state index in [1.165, 1.54) is 30.5 Å². The number of nitrogens with zero attached hydrogens (tertiary/aromatic N) is 6. The molecular weight excluding hydrogens is 516 g/mol. The van der Waals surface area contributed by atoms with E-state index in [4.69, 9.17) is 19.4 Å². The number of imidazole rings is 1. The number of anilines is 2. The molecule has 6 rings (SSSR count). The second-order valence-corrected chi connectivity index (χ2v) is 11.0. The molecule has 0 amide bonds. The summed E-state index contributed by atoms with van der Waals surface area (Å²) in [5.74, 6) is 1.22. The Morgan fingerprint density at radius 2 is 1.75 bits per heavy atom. The normalized spacial score (nSPS) is 22.4. The molecule has 3 aromatic rings. The highest BCUT2D eigenvalue weighted by molar-refractivity contribution is 5.78. The summed E-state index contributed by atoms with van der Waals surface area (Å²) in [7, 11) is 0. The molecule has 1 aromatic carbocycles. The van der Waals surface area contributed by atoms with Crippen molar-refractivity contribution in [3.63, 3.8) is 0 Å². The van der Waals surface area contributed by atoms with Crippen molar-refractivity contribution < 1.29 is 18.3 Å². The SMILES string of the molecule is FC(F)c1nc2ccccc2n1-c1cc(NC2CCC(OCCCN3CCCC3)CC2)nc(N2CCOCC2)n1. The standard InChI is InChI=1S/C29H39F2N7O2/c30-27(31)28-33-23-6-1-2-7-24(23)38(28)26-20-25(34-29(35-26)37-15-18-39-19-16-37)32-21-8-10-22(11-9-21)40-17-5-14-36-12-3-4-13-36/h1-2,6-7,20-22,27H,3-5,8-19H2,(H,32,34,35). The van der Waals surface area contributed by atoms with Crippen LogP contribution in [0.15, 0.2) is 30.3 Å².